The van der Waals surface area contributed by atoms with Crippen LogP contribution in [0.5, 0.6) is 0 Å². The molecule has 2 atom stereocenters. The minimum Gasteiger partial charge on any atom is -0.391 e. The number of rotatable bonds is 2. The first kappa shape index (κ1) is 16.5. The van der Waals surface area contributed by atoms with Crippen LogP contribution in [0.25, 0.3) is 0 Å². The van der Waals surface area contributed by atoms with Crippen molar-refractivity contribution in [2.24, 2.45) is 0 Å². The van der Waals surface area contributed by atoms with Gasteiger partial charge in [-0.25, -0.2) is 0 Å². The van der Waals surface area contributed by atoms with Gasteiger partial charge in [0.1, 0.15) is 5.76 Å². The van der Waals surface area contributed by atoms with Crippen LogP contribution in [0, 0.1) is 6.92 Å². The fraction of sp³-hybridized carbons (Fsp3) is 0.375. The van der Waals surface area contributed by atoms with Crippen molar-refractivity contribution in [3.8, 4) is 0 Å². The molecule has 0 bridgehead atoms. The zero-order valence-electron chi connectivity index (χ0n) is 12.7. The number of amides is 1. The van der Waals surface area contributed by atoms with Gasteiger partial charge in [-0.05, 0) is 25.0 Å². The van der Waals surface area contributed by atoms with Gasteiger partial charge in [-0.1, -0.05) is 23.4 Å². The Balaban J connectivity index is 1.99. The van der Waals surface area contributed by atoms with E-state index in [4.69, 9.17) is 4.52 Å². The molecule has 1 aliphatic heterocycles. The summed E-state index contributed by atoms with van der Waals surface area (Å²) >= 11 is 0. The molecule has 24 heavy (non-hydrogen) atoms. The molecule has 1 amide bonds. The molecule has 1 aromatic heterocycles. The number of alkyl halides is 3. The minimum absolute atomic E-state index is 0.0103. The third kappa shape index (κ3) is 3.01. The first-order valence-corrected chi connectivity index (χ1v) is 7.36. The third-order valence-corrected chi connectivity index (χ3v) is 4.01. The molecular weight excluding hydrogens is 325 g/mol. The molecule has 3 rings (SSSR count). The smallest absolute Gasteiger partial charge is 0.391 e. The normalized spacial score (nSPS) is 21.3. The van der Waals surface area contributed by atoms with Crippen molar-refractivity contribution in [3.63, 3.8) is 0 Å². The molecule has 0 radical (unpaired) electrons. The molecule has 1 aliphatic rings. The fourth-order valence-electron chi connectivity index (χ4n) is 2.99. The average Bonchev–Trinajstić information content (AvgIpc) is 3.12. The van der Waals surface area contributed by atoms with E-state index in [1.54, 1.807) is 6.92 Å². The van der Waals surface area contributed by atoms with E-state index in [1.165, 1.54) is 29.2 Å². The van der Waals surface area contributed by atoms with Crippen molar-refractivity contribution in [1.29, 1.82) is 0 Å². The highest BCUT2D eigenvalue weighted by Crippen LogP contribution is 2.40. The molecule has 1 fully saturated rings. The fourth-order valence-corrected chi connectivity index (χ4v) is 2.99. The minimum atomic E-state index is -4.54. The van der Waals surface area contributed by atoms with Crippen LogP contribution >= 0.6 is 0 Å². The summed E-state index contributed by atoms with van der Waals surface area (Å²) in [7, 11) is 0. The van der Waals surface area contributed by atoms with Gasteiger partial charge in [-0.3, -0.25) is 4.79 Å². The van der Waals surface area contributed by atoms with E-state index in [0.29, 0.717) is 5.76 Å². The zero-order chi connectivity index (χ0) is 17.5. The summed E-state index contributed by atoms with van der Waals surface area (Å²) in [5, 5.41) is 13.5. The SMILES string of the molecule is Cc1cc(C(=O)N2C[C@H](O)C[C@@H]2c2ccccc2C(F)(F)F)no1. The summed E-state index contributed by atoms with van der Waals surface area (Å²) in [6, 6.07) is 5.63. The number of likely N-dealkylation sites (tertiary alicyclic amines) is 1. The lowest BCUT2D eigenvalue weighted by molar-refractivity contribution is -0.138. The van der Waals surface area contributed by atoms with Gasteiger partial charge in [0.15, 0.2) is 5.69 Å². The predicted molar refractivity (Wildman–Crippen MR) is 77.1 cm³/mol. The molecule has 0 saturated carbocycles. The van der Waals surface area contributed by atoms with Crippen LogP contribution in [0.3, 0.4) is 0 Å². The van der Waals surface area contributed by atoms with Gasteiger partial charge in [-0.2, -0.15) is 13.2 Å². The Hall–Kier alpha value is -2.35. The van der Waals surface area contributed by atoms with E-state index in [0.717, 1.165) is 6.07 Å². The average molecular weight is 340 g/mol. The number of halogens is 3. The maximum Gasteiger partial charge on any atom is 0.416 e. The predicted octanol–water partition coefficient (Wildman–Crippen LogP) is 2.95. The largest absolute Gasteiger partial charge is 0.416 e. The number of nitrogens with zero attached hydrogens (tertiary/aromatic N) is 2. The van der Waals surface area contributed by atoms with Gasteiger partial charge in [0.25, 0.3) is 5.91 Å². The summed E-state index contributed by atoms with van der Waals surface area (Å²) in [6.07, 6.45) is -5.40. The Labute approximate surface area is 135 Å². The van der Waals surface area contributed by atoms with Gasteiger partial charge in [0.2, 0.25) is 0 Å². The maximum atomic E-state index is 13.3. The highest BCUT2D eigenvalue weighted by atomic mass is 19.4. The molecule has 128 valence electrons. The molecule has 8 heteroatoms. The number of aryl methyl sites for hydroxylation is 1. The number of aliphatic hydroxyl groups is 1. The lowest BCUT2D eigenvalue weighted by Gasteiger charge is -2.26. The van der Waals surface area contributed by atoms with Crippen LogP contribution in [0.15, 0.2) is 34.9 Å². The van der Waals surface area contributed by atoms with Crippen molar-refractivity contribution in [2.45, 2.75) is 31.7 Å². The van der Waals surface area contributed by atoms with Crippen LogP contribution in [-0.4, -0.2) is 33.7 Å². The third-order valence-electron chi connectivity index (χ3n) is 4.01. The Morgan fingerprint density at radius 1 is 1.38 bits per heavy atom. The number of β-amino-alcohol motifs (C(OH)–C–C–N with tert-alkyl or cyclic N) is 1. The molecule has 2 aromatic rings. The van der Waals surface area contributed by atoms with Gasteiger partial charge in [-0.15, -0.1) is 0 Å². The van der Waals surface area contributed by atoms with E-state index in [2.05, 4.69) is 5.16 Å². The monoisotopic (exact) mass is 340 g/mol. The molecule has 2 heterocycles. The van der Waals surface area contributed by atoms with Gasteiger partial charge >= 0.3 is 6.18 Å². The summed E-state index contributed by atoms with van der Waals surface area (Å²) in [6.45, 7) is 1.56. The Morgan fingerprint density at radius 2 is 2.08 bits per heavy atom. The number of hydrogen-bond acceptors (Lipinski definition) is 4. The number of carbonyl (C=O) groups excluding carboxylic acids is 1. The molecular formula is C16H15F3N2O3. The van der Waals surface area contributed by atoms with E-state index < -0.39 is 29.8 Å². The van der Waals surface area contributed by atoms with E-state index in [-0.39, 0.29) is 24.2 Å². The first-order valence-electron chi connectivity index (χ1n) is 7.36. The van der Waals surface area contributed by atoms with Crippen LogP contribution in [0.1, 0.15) is 39.8 Å². The Bertz CT molecular complexity index is 757. The van der Waals surface area contributed by atoms with E-state index in [9.17, 15) is 23.1 Å². The van der Waals surface area contributed by atoms with Gasteiger partial charge in [0, 0.05) is 12.6 Å². The first-order chi connectivity index (χ1) is 11.3. The molecule has 0 unspecified atom stereocenters. The Morgan fingerprint density at radius 3 is 2.71 bits per heavy atom. The second-order valence-electron chi connectivity index (χ2n) is 5.77. The van der Waals surface area contributed by atoms with Crippen LogP contribution in [-0.2, 0) is 6.18 Å². The van der Waals surface area contributed by atoms with Crippen molar-refractivity contribution in [2.75, 3.05) is 6.54 Å². The van der Waals surface area contributed by atoms with Crippen LogP contribution < -0.4 is 0 Å². The van der Waals surface area contributed by atoms with E-state index >= 15 is 0 Å². The summed E-state index contributed by atoms with van der Waals surface area (Å²) in [5.74, 6) is -0.143. The number of benzene rings is 1. The van der Waals surface area contributed by atoms with Crippen molar-refractivity contribution in [3.05, 3.63) is 52.9 Å². The lowest BCUT2D eigenvalue weighted by atomic mass is 9.97. The molecule has 0 aliphatic carbocycles. The number of aliphatic hydroxyl groups excluding tert-OH is 1. The van der Waals surface area contributed by atoms with Gasteiger partial charge in [0.05, 0.1) is 17.7 Å². The quantitative estimate of drug-likeness (QED) is 0.913. The topological polar surface area (TPSA) is 66.6 Å². The summed E-state index contributed by atoms with van der Waals surface area (Å²) < 4.78 is 44.6. The van der Waals surface area contributed by atoms with Crippen molar-refractivity contribution in [1.82, 2.24) is 10.1 Å². The zero-order valence-corrected chi connectivity index (χ0v) is 12.7. The summed E-state index contributed by atoms with van der Waals surface area (Å²) in [5.41, 5.74) is -0.829. The Kier molecular flexibility index (Phi) is 4.08. The second-order valence-corrected chi connectivity index (χ2v) is 5.77. The number of hydrogen-bond donors (Lipinski definition) is 1. The maximum absolute atomic E-state index is 13.3. The molecule has 5 nitrogen and oxygen atoms in total. The molecule has 1 saturated heterocycles. The molecule has 1 aromatic carbocycles. The number of aromatic nitrogens is 1. The van der Waals surface area contributed by atoms with Crippen molar-refractivity contribution < 1.29 is 27.6 Å². The van der Waals surface area contributed by atoms with Crippen LogP contribution in [0.2, 0.25) is 0 Å². The lowest BCUT2D eigenvalue weighted by Crippen LogP contribution is -2.32. The highest BCUT2D eigenvalue weighted by Gasteiger charge is 2.42. The standard InChI is InChI=1S/C16H15F3N2O3/c1-9-6-13(20-24-9)15(23)21-8-10(22)7-14(21)11-4-2-3-5-12(11)16(17,18)19/h2-6,10,14,22H,7-8H2,1H3/t10-,14-/m1/s1. The highest BCUT2D eigenvalue weighted by molar-refractivity contribution is 5.92. The second kappa shape index (κ2) is 5.94. The van der Waals surface area contributed by atoms with Gasteiger partial charge < -0.3 is 14.5 Å². The van der Waals surface area contributed by atoms with E-state index in [1.807, 2.05) is 0 Å². The van der Waals surface area contributed by atoms with Crippen molar-refractivity contribution >= 4 is 5.91 Å². The number of carbonyl (C=O) groups is 1. The molecule has 0 spiro atoms. The molecule has 1 N–H and O–H groups in total. The van der Waals surface area contributed by atoms with Crippen LogP contribution in [0.4, 0.5) is 13.2 Å². The summed E-state index contributed by atoms with van der Waals surface area (Å²) in [4.78, 5) is 13.8.